The molecule has 38 heavy (non-hydrogen) atoms. The van der Waals surface area contributed by atoms with Gasteiger partial charge < -0.3 is 15.5 Å². The van der Waals surface area contributed by atoms with Gasteiger partial charge in [0.25, 0.3) is 0 Å². The van der Waals surface area contributed by atoms with E-state index in [-0.39, 0.29) is 21.9 Å². The molecule has 2 aromatic carbocycles. The fourth-order valence-corrected chi connectivity index (χ4v) is 5.49. The van der Waals surface area contributed by atoms with E-state index >= 15 is 4.39 Å². The third-order valence-electron chi connectivity index (χ3n) is 6.45. The first-order chi connectivity index (χ1) is 17.4. The molecule has 2 heterocycles. The van der Waals surface area contributed by atoms with E-state index < -0.39 is 47.3 Å². The van der Waals surface area contributed by atoms with Crippen molar-refractivity contribution >= 4 is 46.7 Å². The third-order valence-corrected chi connectivity index (χ3v) is 6.97. The second-order valence-electron chi connectivity index (χ2n) is 10.2. The Bertz CT molecular complexity index is 1280. The van der Waals surface area contributed by atoms with Crippen LogP contribution in [0, 0.1) is 11.2 Å². The molecule has 4 N–H and O–H groups in total. The summed E-state index contributed by atoms with van der Waals surface area (Å²) in [6.45, 7) is 6.04. The normalized spacial score (nSPS) is 24.4. The minimum Gasteiger partial charge on any atom is -0.480 e. The number of hydrogen-bond donors (Lipinski definition) is 4. The molecule has 2 aliphatic rings. The summed E-state index contributed by atoms with van der Waals surface area (Å²) in [6, 6.07) is 7.76. The van der Waals surface area contributed by atoms with E-state index in [9.17, 15) is 27.9 Å². The number of rotatable bonds is 3. The Morgan fingerprint density at radius 3 is 2.21 bits per heavy atom. The van der Waals surface area contributed by atoms with Crippen molar-refractivity contribution in [1.29, 1.82) is 0 Å². The molecule has 7 nitrogen and oxygen atoms in total. The van der Waals surface area contributed by atoms with Crippen LogP contribution < -0.4 is 10.6 Å². The maximum absolute atomic E-state index is 15.3. The topological polar surface area (TPSA) is 116 Å². The molecule has 2 aromatic rings. The lowest BCUT2D eigenvalue weighted by molar-refractivity contribution is -0.192. The van der Waals surface area contributed by atoms with Crippen molar-refractivity contribution in [2.45, 2.75) is 56.8 Å². The molecule has 1 fully saturated rings. The molecule has 13 heteroatoms. The smallest absolute Gasteiger partial charge is 0.480 e. The first-order valence-corrected chi connectivity index (χ1v) is 12.0. The highest BCUT2D eigenvalue weighted by atomic mass is 35.5. The molecular weight excluding hydrogens is 555 g/mol. The van der Waals surface area contributed by atoms with E-state index in [0.29, 0.717) is 22.7 Å². The molecule has 4 rings (SSSR count). The highest BCUT2D eigenvalue weighted by Crippen LogP contribution is 2.57. The predicted octanol–water partition coefficient (Wildman–Crippen LogP) is 5.60. The number of carboxylic acid groups (broad SMARTS) is 2. The average Bonchev–Trinajstić information content (AvgIpc) is 3.24. The summed E-state index contributed by atoms with van der Waals surface area (Å²) in [5.74, 6) is -6.02. The number of carbonyl (C=O) groups is 3. The highest BCUT2D eigenvalue weighted by molar-refractivity contribution is 6.31. The van der Waals surface area contributed by atoms with E-state index in [1.807, 2.05) is 20.8 Å². The zero-order chi connectivity index (χ0) is 28.8. The van der Waals surface area contributed by atoms with E-state index in [1.165, 1.54) is 12.1 Å². The van der Waals surface area contributed by atoms with Crippen LogP contribution in [-0.4, -0.2) is 46.3 Å². The second kappa shape index (κ2) is 10.3. The van der Waals surface area contributed by atoms with E-state index in [0.717, 1.165) is 0 Å². The Hall–Kier alpha value is -2.89. The molecule has 0 aliphatic carbocycles. The van der Waals surface area contributed by atoms with Gasteiger partial charge in [-0.15, -0.1) is 0 Å². The number of aliphatic carboxylic acids is 2. The maximum atomic E-state index is 15.3. The largest absolute Gasteiger partial charge is 0.490 e. The van der Waals surface area contributed by atoms with Crippen LogP contribution in [0.3, 0.4) is 0 Å². The van der Waals surface area contributed by atoms with Crippen LogP contribution in [0.1, 0.15) is 44.2 Å². The summed E-state index contributed by atoms with van der Waals surface area (Å²) in [4.78, 5) is 34.9. The number of hydrogen-bond acceptors (Lipinski definition) is 4. The zero-order valence-corrected chi connectivity index (χ0v) is 21.8. The van der Waals surface area contributed by atoms with Crippen LogP contribution in [0.15, 0.2) is 36.4 Å². The molecule has 1 amide bonds. The minimum absolute atomic E-state index is 0.0989. The van der Waals surface area contributed by atoms with Crippen molar-refractivity contribution in [1.82, 2.24) is 5.32 Å². The summed E-state index contributed by atoms with van der Waals surface area (Å²) in [5.41, 5.74) is -0.359. The predicted molar refractivity (Wildman–Crippen MR) is 132 cm³/mol. The molecule has 0 radical (unpaired) electrons. The van der Waals surface area contributed by atoms with Crippen molar-refractivity contribution in [3.8, 4) is 0 Å². The van der Waals surface area contributed by atoms with Crippen molar-refractivity contribution in [3.63, 3.8) is 0 Å². The second-order valence-corrected chi connectivity index (χ2v) is 11.1. The SMILES string of the molecule is CC(C)(C)C[C@H]1N[C@@H](C(=O)O)[C@H](c2cccc(Cl)c2F)[C@@]12C(=O)Nc1cc(Cl)ccc12.O=C(O)C(F)(F)F. The van der Waals surface area contributed by atoms with Crippen LogP contribution in [-0.2, 0) is 19.8 Å². The Balaban J connectivity index is 0.000000505. The Kier molecular flexibility index (Phi) is 8.08. The van der Waals surface area contributed by atoms with E-state index in [4.69, 9.17) is 33.1 Å². The van der Waals surface area contributed by atoms with Crippen molar-refractivity contribution < 1.29 is 42.2 Å². The van der Waals surface area contributed by atoms with Crippen LogP contribution in [0.2, 0.25) is 10.0 Å². The molecular formula is C25H24Cl2F4N2O5. The number of halogens is 6. The van der Waals surface area contributed by atoms with E-state index in [1.54, 1.807) is 24.3 Å². The van der Waals surface area contributed by atoms with Crippen LogP contribution >= 0.6 is 23.2 Å². The number of fused-ring (bicyclic) bond motifs is 2. The standard InChI is InChI=1S/C23H23Cl2FN2O3.C2HF3O2/c1-22(2,3)10-16-23(13-8-7-11(24)9-15(13)27-21(23)31)17(19(28-16)20(29)30)12-5-4-6-14(25)18(12)26;3-2(4,5)1(6)7/h4-9,16-17,19,28H,10H2,1-3H3,(H,27,31)(H,29,30);(H,6,7)/t16-,17+,19-,23+;/m1./s1. The fourth-order valence-electron chi connectivity index (χ4n) is 5.14. The lowest BCUT2D eigenvalue weighted by Gasteiger charge is -2.37. The lowest BCUT2D eigenvalue weighted by atomic mass is 9.62. The van der Waals surface area contributed by atoms with E-state index in [2.05, 4.69) is 10.6 Å². The zero-order valence-electron chi connectivity index (χ0n) is 20.3. The minimum atomic E-state index is -5.08. The van der Waals surface area contributed by atoms with Gasteiger partial charge >= 0.3 is 18.1 Å². The Morgan fingerprint density at radius 2 is 1.68 bits per heavy atom. The van der Waals surface area contributed by atoms with Gasteiger partial charge in [-0.25, -0.2) is 9.18 Å². The maximum Gasteiger partial charge on any atom is 0.490 e. The average molecular weight is 579 g/mol. The van der Waals surface area contributed by atoms with Crippen LogP contribution in [0.5, 0.6) is 0 Å². The van der Waals surface area contributed by atoms with Gasteiger partial charge in [-0.1, -0.05) is 62.2 Å². The molecule has 1 saturated heterocycles. The number of carboxylic acids is 2. The fraction of sp³-hybridized carbons (Fsp3) is 0.400. The third kappa shape index (κ3) is 5.45. The lowest BCUT2D eigenvalue weighted by Crippen LogP contribution is -2.49. The number of amides is 1. The summed E-state index contributed by atoms with van der Waals surface area (Å²) in [7, 11) is 0. The first kappa shape index (κ1) is 29.7. The van der Waals surface area contributed by atoms with Gasteiger partial charge in [0.1, 0.15) is 17.3 Å². The van der Waals surface area contributed by atoms with Crippen molar-refractivity contribution in [3.05, 3.63) is 63.4 Å². The van der Waals surface area contributed by atoms with Gasteiger partial charge in [0.05, 0.1) is 5.02 Å². The van der Waals surface area contributed by atoms with Gasteiger partial charge in [-0.2, -0.15) is 13.2 Å². The van der Waals surface area contributed by atoms with Gasteiger partial charge in [0.2, 0.25) is 5.91 Å². The summed E-state index contributed by atoms with van der Waals surface area (Å²) >= 11 is 12.2. The number of alkyl halides is 3. The molecule has 4 atom stereocenters. The number of anilines is 1. The molecule has 2 aliphatic heterocycles. The molecule has 0 aromatic heterocycles. The highest BCUT2D eigenvalue weighted by Gasteiger charge is 2.66. The Labute approximate surface area is 225 Å². The summed E-state index contributed by atoms with van der Waals surface area (Å²) < 4.78 is 47.0. The van der Waals surface area contributed by atoms with Gasteiger partial charge in [-0.05, 0) is 41.2 Å². The van der Waals surface area contributed by atoms with Gasteiger partial charge in [-0.3, -0.25) is 14.9 Å². The number of carbonyl (C=O) groups excluding carboxylic acids is 1. The molecule has 206 valence electrons. The molecule has 0 bridgehead atoms. The number of nitrogens with one attached hydrogen (secondary N) is 2. The first-order valence-electron chi connectivity index (χ1n) is 11.3. The summed E-state index contributed by atoms with van der Waals surface area (Å²) in [5, 5.41) is 23.5. The van der Waals surface area contributed by atoms with Crippen molar-refractivity contribution in [2.75, 3.05) is 5.32 Å². The van der Waals surface area contributed by atoms with Gasteiger partial charge in [0, 0.05) is 22.7 Å². The van der Waals surface area contributed by atoms with Crippen LogP contribution in [0.4, 0.5) is 23.2 Å². The monoisotopic (exact) mass is 578 g/mol. The molecule has 1 spiro atoms. The van der Waals surface area contributed by atoms with Gasteiger partial charge in [0.15, 0.2) is 0 Å². The van der Waals surface area contributed by atoms with Crippen molar-refractivity contribution in [2.24, 2.45) is 5.41 Å². The molecule has 0 unspecified atom stereocenters. The number of benzene rings is 2. The van der Waals surface area contributed by atoms with Crippen LogP contribution in [0.25, 0.3) is 0 Å². The summed E-state index contributed by atoms with van der Waals surface area (Å²) in [6.07, 6.45) is -4.59. The molecule has 0 saturated carbocycles. The Morgan fingerprint density at radius 1 is 1.08 bits per heavy atom. The quantitative estimate of drug-likeness (QED) is 0.352.